The van der Waals surface area contributed by atoms with Gasteiger partial charge in [0.2, 0.25) is 15.9 Å². The maximum atomic E-state index is 11.3. The van der Waals surface area contributed by atoms with Crippen molar-refractivity contribution < 1.29 is 16.1 Å². The van der Waals surface area contributed by atoms with E-state index in [0.717, 1.165) is 0 Å². The number of hydrogen-bond acceptors (Lipinski definition) is 3. The van der Waals surface area contributed by atoms with E-state index in [-0.39, 0.29) is 13.7 Å². The molecule has 0 saturated carbocycles. The first-order valence-corrected chi connectivity index (χ1v) is 5.75. The van der Waals surface area contributed by atoms with Gasteiger partial charge in [-0.2, -0.15) is 0 Å². The predicted molar refractivity (Wildman–Crippen MR) is 61.2 cm³/mol. The number of rotatable bonds is 3. The Hall–Kier alpha value is -1.40. The fourth-order valence-electron chi connectivity index (χ4n) is 1.04. The minimum Gasteiger partial charge on any atom is -0.326 e. The Morgan fingerprint density at radius 3 is 2.20 bits per heavy atom. The molecule has 0 aliphatic heterocycles. The number of hydrogen-bond donors (Lipinski definition) is 2. The minimum absolute atomic E-state index is 0. The summed E-state index contributed by atoms with van der Waals surface area (Å²) in [6, 6.07) is 5.92. The van der Waals surface area contributed by atoms with Gasteiger partial charge < -0.3 is 5.32 Å². The summed E-state index contributed by atoms with van der Waals surface area (Å²) in [7, 11) is -2.06. The standard InChI is InChI=1S/C9H12N2O3S.2H2/c1-7(12)11-8-3-5-9(6-4-8)15(13,14)10-2;;/h3-6,10H,1-2H3,(H,11,12);2*1H. The fourth-order valence-corrected chi connectivity index (χ4v) is 1.77. The van der Waals surface area contributed by atoms with Crippen molar-refractivity contribution >= 4 is 21.6 Å². The maximum Gasteiger partial charge on any atom is 0.240 e. The topological polar surface area (TPSA) is 75.3 Å². The van der Waals surface area contributed by atoms with Crippen LogP contribution in [0.3, 0.4) is 0 Å². The number of amides is 1. The molecule has 1 rings (SSSR count). The molecule has 1 aromatic rings. The van der Waals surface area contributed by atoms with E-state index in [1.807, 2.05) is 0 Å². The normalized spacial score (nSPS) is 11.1. The summed E-state index contributed by atoms with van der Waals surface area (Å²) in [5.41, 5.74) is 0.567. The summed E-state index contributed by atoms with van der Waals surface area (Å²) in [6.45, 7) is 1.39. The van der Waals surface area contributed by atoms with Crippen LogP contribution < -0.4 is 10.0 Å². The second-order valence-electron chi connectivity index (χ2n) is 2.91. The van der Waals surface area contributed by atoms with Crippen LogP contribution in [-0.2, 0) is 14.8 Å². The first-order chi connectivity index (χ1) is 6.95. The van der Waals surface area contributed by atoms with Crippen molar-refractivity contribution in [2.24, 2.45) is 0 Å². The van der Waals surface area contributed by atoms with Crippen molar-refractivity contribution in [2.75, 3.05) is 12.4 Å². The molecule has 2 N–H and O–H groups in total. The molecule has 0 aliphatic carbocycles. The van der Waals surface area contributed by atoms with Crippen LogP contribution in [0.25, 0.3) is 0 Å². The van der Waals surface area contributed by atoms with Gasteiger partial charge in [-0.05, 0) is 31.3 Å². The molecule has 0 aliphatic rings. The number of carbonyl (C=O) groups excluding carboxylic acids is 1. The van der Waals surface area contributed by atoms with Crippen LogP contribution in [0.5, 0.6) is 0 Å². The SMILES string of the molecule is CNS(=O)(=O)c1ccc(NC(C)=O)cc1.[HH].[HH]. The number of nitrogens with one attached hydrogen (secondary N) is 2. The fraction of sp³-hybridized carbons (Fsp3) is 0.222. The lowest BCUT2D eigenvalue weighted by molar-refractivity contribution is -0.114. The third kappa shape index (κ3) is 3.03. The Morgan fingerprint density at radius 2 is 1.80 bits per heavy atom. The maximum absolute atomic E-state index is 11.3. The molecular formula is C9H16N2O3S. The molecule has 0 radical (unpaired) electrons. The van der Waals surface area contributed by atoms with Crippen LogP contribution in [0, 0.1) is 0 Å². The van der Waals surface area contributed by atoms with Crippen LogP contribution in [-0.4, -0.2) is 21.4 Å². The van der Waals surface area contributed by atoms with Gasteiger partial charge in [0.05, 0.1) is 4.90 Å². The second-order valence-corrected chi connectivity index (χ2v) is 4.80. The lowest BCUT2D eigenvalue weighted by Gasteiger charge is -2.04. The van der Waals surface area contributed by atoms with Crippen LogP contribution in [0.4, 0.5) is 5.69 Å². The van der Waals surface area contributed by atoms with Gasteiger partial charge in [-0.25, -0.2) is 13.1 Å². The van der Waals surface area contributed by atoms with E-state index >= 15 is 0 Å². The quantitative estimate of drug-likeness (QED) is 0.817. The highest BCUT2D eigenvalue weighted by atomic mass is 32.2. The molecule has 6 heteroatoms. The molecule has 15 heavy (non-hydrogen) atoms. The molecule has 0 aromatic heterocycles. The highest BCUT2D eigenvalue weighted by Gasteiger charge is 2.10. The minimum atomic E-state index is -3.41. The van der Waals surface area contributed by atoms with Crippen LogP contribution in [0.2, 0.25) is 0 Å². The zero-order chi connectivity index (χ0) is 11.5. The smallest absolute Gasteiger partial charge is 0.240 e. The summed E-state index contributed by atoms with van der Waals surface area (Å²) < 4.78 is 24.9. The molecule has 86 valence electrons. The van der Waals surface area contributed by atoms with E-state index in [1.54, 1.807) is 0 Å². The molecule has 5 nitrogen and oxygen atoms in total. The molecule has 0 bridgehead atoms. The highest BCUT2D eigenvalue weighted by Crippen LogP contribution is 2.13. The molecular weight excluding hydrogens is 216 g/mol. The molecule has 0 atom stereocenters. The zero-order valence-electron chi connectivity index (χ0n) is 8.44. The van der Waals surface area contributed by atoms with Crippen molar-refractivity contribution in [1.29, 1.82) is 0 Å². The van der Waals surface area contributed by atoms with Gasteiger partial charge in [0.25, 0.3) is 0 Å². The lowest BCUT2D eigenvalue weighted by atomic mass is 10.3. The number of sulfonamides is 1. The van der Waals surface area contributed by atoms with E-state index in [1.165, 1.54) is 38.2 Å². The number of carbonyl (C=O) groups is 1. The Bertz CT molecular complexity index is 460. The van der Waals surface area contributed by atoms with Gasteiger partial charge in [-0.3, -0.25) is 4.79 Å². The monoisotopic (exact) mass is 232 g/mol. The number of anilines is 1. The third-order valence-electron chi connectivity index (χ3n) is 1.75. The predicted octanol–water partition coefficient (Wildman–Crippen LogP) is 1.05. The van der Waals surface area contributed by atoms with Crippen molar-refractivity contribution in [1.82, 2.24) is 4.72 Å². The molecule has 0 fully saturated rings. The Morgan fingerprint density at radius 1 is 1.27 bits per heavy atom. The zero-order valence-corrected chi connectivity index (χ0v) is 9.26. The summed E-state index contributed by atoms with van der Waals surface area (Å²) in [5.74, 6) is -0.195. The Labute approximate surface area is 91.5 Å². The first-order valence-electron chi connectivity index (χ1n) is 4.27. The summed E-state index contributed by atoms with van der Waals surface area (Å²) in [5, 5.41) is 2.55. The van der Waals surface area contributed by atoms with E-state index in [9.17, 15) is 13.2 Å². The molecule has 1 aromatic carbocycles. The Balaban J connectivity index is 0. The molecule has 0 unspecified atom stereocenters. The average Bonchev–Trinajstić information content (AvgIpc) is 2.18. The van der Waals surface area contributed by atoms with E-state index in [2.05, 4.69) is 10.0 Å². The highest BCUT2D eigenvalue weighted by molar-refractivity contribution is 7.89. The summed E-state index contributed by atoms with van der Waals surface area (Å²) in [6.07, 6.45) is 0. The Kier molecular flexibility index (Phi) is 3.43. The van der Waals surface area contributed by atoms with Crippen molar-refractivity contribution in [3.05, 3.63) is 24.3 Å². The van der Waals surface area contributed by atoms with E-state index in [4.69, 9.17) is 0 Å². The molecule has 0 saturated heterocycles. The van der Waals surface area contributed by atoms with Gasteiger partial charge in [0.15, 0.2) is 0 Å². The van der Waals surface area contributed by atoms with Crippen molar-refractivity contribution in [3.8, 4) is 0 Å². The van der Waals surface area contributed by atoms with Crippen LogP contribution in [0.1, 0.15) is 9.78 Å². The molecule has 1 amide bonds. The van der Waals surface area contributed by atoms with E-state index < -0.39 is 10.0 Å². The molecule has 0 spiro atoms. The van der Waals surface area contributed by atoms with Gasteiger partial charge >= 0.3 is 0 Å². The van der Waals surface area contributed by atoms with Crippen LogP contribution in [0.15, 0.2) is 29.2 Å². The van der Waals surface area contributed by atoms with Crippen molar-refractivity contribution in [2.45, 2.75) is 11.8 Å². The van der Waals surface area contributed by atoms with Crippen LogP contribution >= 0.6 is 0 Å². The van der Waals surface area contributed by atoms with Gasteiger partial charge in [0, 0.05) is 15.5 Å². The largest absolute Gasteiger partial charge is 0.326 e. The van der Waals surface area contributed by atoms with Gasteiger partial charge in [0.1, 0.15) is 0 Å². The van der Waals surface area contributed by atoms with Gasteiger partial charge in [-0.1, -0.05) is 0 Å². The third-order valence-corrected chi connectivity index (χ3v) is 3.18. The van der Waals surface area contributed by atoms with E-state index in [0.29, 0.717) is 5.69 Å². The summed E-state index contributed by atoms with van der Waals surface area (Å²) >= 11 is 0. The average molecular weight is 232 g/mol. The number of benzene rings is 1. The lowest BCUT2D eigenvalue weighted by Crippen LogP contribution is -2.18. The second kappa shape index (κ2) is 4.41. The first kappa shape index (κ1) is 11.7. The van der Waals surface area contributed by atoms with Crippen molar-refractivity contribution in [3.63, 3.8) is 0 Å². The van der Waals surface area contributed by atoms with Gasteiger partial charge in [-0.15, -0.1) is 0 Å². The summed E-state index contributed by atoms with van der Waals surface area (Å²) in [4.78, 5) is 10.9. The molecule has 0 heterocycles.